The van der Waals surface area contributed by atoms with E-state index < -0.39 is 30.2 Å². The topological polar surface area (TPSA) is 84.0 Å². The Labute approximate surface area is 140 Å². The van der Waals surface area contributed by atoms with E-state index in [1.807, 2.05) is 20.8 Å². The Morgan fingerprint density at radius 2 is 1.62 bits per heavy atom. The third-order valence-electron chi connectivity index (χ3n) is 3.47. The standard InChI is InChI=1S/C17H20N2O5/c1-4-24-13-7-5-12(6-8-13)14(20)10-19-16(22)15(21)18(17(19)23)9-11(2)3/h5-8,11H,4,9-10H2,1-3H3. The quantitative estimate of drug-likeness (QED) is 0.431. The van der Waals surface area contributed by atoms with Gasteiger partial charge in [-0.2, -0.15) is 0 Å². The van der Waals surface area contributed by atoms with Crippen LogP contribution >= 0.6 is 0 Å². The first-order valence-electron chi connectivity index (χ1n) is 7.78. The Morgan fingerprint density at radius 3 is 2.17 bits per heavy atom. The summed E-state index contributed by atoms with van der Waals surface area (Å²) in [6.45, 7) is 5.72. The van der Waals surface area contributed by atoms with Crippen LogP contribution in [0, 0.1) is 5.92 Å². The summed E-state index contributed by atoms with van der Waals surface area (Å²) >= 11 is 0. The minimum atomic E-state index is -0.958. The molecule has 1 saturated heterocycles. The highest BCUT2D eigenvalue weighted by Gasteiger charge is 2.45. The van der Waals surface area contributed by atoms with Gasteiger partial charge in [0.25, 0.3) is 0 Å². The molecule has 0 N–H and O–H groups in total. The highest BCUT2D eigenvalue weighted by molar-refractivity contribution is 6.45. The maximum atomic E-state index is 12.3. The molecule has 0 bridgehead atoms. The van der Waals surface area contributed by atoms with Gasteiger partial charge in [0.2, 0.25) is 0 Å². The molecule has 0 unspecified atom stereocenters. The van der Waals surface area contributed by atoms with Gasteiger partial charge in [-0.3, -0.25) is 19.3 Å². The number of nitrogens with zero attached hydrogens (tertiary/aromatic N) is 2. The number of ether oxygens (including phenoxy) is 1. The summed E-state index contributed by atoms with van der Waals surface area (Å²) in [5.41, 5.74) is 0.341. The van der Waals surface area contributed by atoms with Crippen molar-refractivity contribution in [2.75, 3.05) is 19.7 Å². The van der Waals surface area contributed by atoms with Crippen LogP contribution in [0.15, 0.2) is 24.3 Å². The van der Waals surface area contributed by atoms with Crippen LogP contribution in [0.25, 0.3) is 0 Å². The lowest BCUT2D eigenvalue weighted by Gasteiger charge is -2.16. The van der Waals surface area contributed by atoms with Gasteiger partial charge in [0.05, 0.1) is 13.2 Å². The largest absolute Gasteiger partial charge is 0.494 e. The van der Waals surface area contributed by atoms with E-state index >= 15 is 0 Å². The second kappa shape index (κ2) is 7.25. The van der Waals surface area contributed by atoms with Crippen LogP contribution in [0.4, 0.5) is 4.79 Å². The van der Waals surface area contributed by atoms with Crippen molar-refractivity contribution < 1.29 is 23.9 Å². The van der Waals surface area contributed by atoms with E-state index in [4.69, 9.17) is 4.74 Å². The molecule has 1 aliphatic heterocycles. The number of carbonyl (C=O) groups is 4. The number of hydrogen-bond acceptors (Lipinski definition) is 5. The van der Waals surface area contributed by atoms with E-state index in [-0.39, 0.29) is 12.5 Å². The monoisotopic (exact) mass is 332 g/mol. The highest BCUT2D eigenvalue weighted by Crippen LogP contribution is 2.17. The van der Waals surface area contributed by atoms with Crippen molar-refractivity contribution in [1.29, 1.82) is 0 Å². The van der Waals surface area contributed by atoms with E-state index in [1.165, 1.54) is 0 Å². The third-order valence-corrected chi connectivity index (χ3v) is 3.47. The fourth-order valence-corrected chi connectivity index (χ4v) is 2.35. The molecule has 24 heavy (non-hydrogen) atoms. The lowest BCUT2D eigenvalue weighted by atomic mass is 10.1. The van der Waals surface area contributed by atoms with Crippen molar-refractivity contribution >= 4 is 23.6 Å². The van der Waals surface area contributed by atoms with Crippen molar-refractivity contribution in [2.45, 2.75) is 20.8 Å². The minimum Gasteiger partial charge on any atom is -0.494 e. The van der Waals surface area contributed by atoms with Crippen LogP contribution in [-0.4, -0.2) is 53.1 Å². The summed E-state index contributed by atoms with van der Waals surface area (Å²) in [6.07, 6.45) is 0. The summed E-state index contributed by atoms with van der Waals surface area (Å²) in [5, 5.41) is 0. The molecule has 0 aliphatic carbocycles. The summed E-state index contributed by atoms with van der Waals surface area (Å²) in [6, 6.07) is 5.66. The van der Waals surface area contributed by atoms with Gasteiger partial charge in [-0.25, -0.2) is 9.69 Å². The summed E-state index contributed by atoms with van der Waals surface area (Å²) in [7, 11) is 0. The molecule has 2 rings (SSSR count). The van der Waals surface area contributed by atoms with Crippen LogP contribution in [0.2, 0.25) is 0 Å². The third kappa shape index (κ3) is 3.61. The van der Waals surface area contributed by atoms with Gasteiger partial charge >= 0.3 is 17.8 Å². The van der Waals surface area contributed by atoms with E-state index in [1.54, 1.807) is 24.3 Å². The lowest BCUT2D eigenvalue weighted by Crippen LogP contribution is -2.38. The van der Waals surface area contributed by atoms with Crippen LogP contribution < -0.4 is 4.74 Å². The van der Waals surface area contributed by atoms with Crippen molar-refractivity contribution in [3.63, 3.8) is 0 Å². The van der Waals surface area contributed by atoms with Gasteiger partial charge < -0.3 is 4.74 Å². The molecular weight excluding hydrogens is 312 g/mol. The average Bonchev–Trinajstić information content (AvgIpc) is 2.73. The summed E-state index contributed by atoms with van der Waals surface area (Å²) < 4.78 is 5.29. The van der Waals surface area contributed by atoms with E-state index in [2.05, 4.69) is 0 Å². The average molecular weight is 332 g/mol. The maximum Gasteiger partial charge on any atom is 0.334 e. The molecule has 0 saturated carbocycles. The van der Waals surface area contributed by atoms with Crippen LogP contribution in [0.3, 0.4) is 0 Å². The number of imide groups is 2. The zero-order valence-corrected chi connectivity index (χ0v) is 13.9. The molecule has 0 radical (unpaired) electrons. The Balaban J connectivity index is 2.09. The zero-order chi connectivity index (χ0) is 17.9. The normalized spacial score (nSPS) is 14.8. The van der Waals surface area contributed by atoms with E-state index in [9.17, 15) is 19.2 Å². The van der Waals surface area contributed by atoms with E-state index in [0.717, 1.165) is 4.90 Å². The number of urea groups is 1. The molecule has 0 atom stereocenters. The number of amides is 4. The summed E-state index contributed by atoms with van der Waals surface area (Å²) in [4.78, 5) is 49.9. The van der Waals surface area contributed by atoms with E-state index in [0.29, 0.717) is 22.8 Å². The zero-order valence-electron chi connectivity index (χ0n) is 13.9. The van der Waals surface area contributed by atoms with Gasteiger partial charge in [0, 0.05) is 12.1 Å². The second-order valence-corrected chi connectivity index (χ2v) is 5.86. The number of Topliss-reactive ketones (excluding diaryl/α,β-unsaturated/α-hetero) is 1. The Bertz CT molecular complexity index is 666. The minimum absolute atomic E-state index is 0.0347. The van der Waals surface area contributed by atoms with Crippen molar-refractivity contribution in [3.05, 3.63) is 29.8 Å². The Kier molecular flexibility index (Phi) is 5.33. The molecule has 1 aromatic rings. The molecule has 4 amide bonds. The first kappa shape index (κ1) is 17.7. The van der Waals surface area contributed by atoms with Gasteiger partial charge in [0.1, 0.15) is 5.75 Å². The fraction of sp³-hybridized carbons (Fsp3) is 0.412. The molecule has 7 heteroatoms. The maximum absolute atomic E-state index is 12.3. The number of carbonyl (C=O) groups excluding carboxylic acids is 4. The smallest absolute Gasteiger partial charge is 0.334 e. The number of hydrogen-bond donors (Lipinski definition) is 0. The Hall–Kier alpha value is -2.70. The van der Waals surface area contributed by atoms with Crippen LogP contribution in [0.5, 0.6) is 5.75 Å². The van der Waals surface area contributed by atoms with Gasteiger partial charge in [0.15, 0.2) is 5.78 Å². The molecule has 1 fully saturated rings. The highest BCUT2D eigenvalue weighted by atomic mass is 16.5. The molecule has 1 aliphatic rings. The first-order chi connectivity index (χ1) is 11.3. The van der Waals surface area contributed by atoms with Crippen molar-refractivity contribution in [1.82, 2.24) is 9.80 Å². The second-order valence-electron chi connectivity index (χ2n) is 5.86. The van der Waals surface area contributed by atoms with Crippen molar-refractivity contribution in [3.8, 4) is 5.75 Å². The van der Waals surface area contributed by atoms with Crippen LogP contribution in [-0.2, 0) is 9.59 Å². The SMILES string of the molecule is CCOc1ccc(C(=O)CN2C(=O)C(=O)N(CC(C)C)C2=O)cc1. The molecule has 1 heterocycles. The van der Waals surface area contributed by atoms with Gasteiger partial charge in [-0.05, 0) is 37.1 Å². The van der Waals surface area contributed by atoms with Crippen molar-refractivity contribution in [2.24, 2.45) is 5.92 Å². The predicted molar refractivity (Wildman–Crippen MR) is 85.6 cm³/mol. The fourth-order valence-electron chi connectivity index (χ4n) is 2.35. The van der Waals surface area contributed by atoms with Crippen LogP contribution in [0.1, 0.15) is 31.1 Å². The molecule has 0 aromatic heterocycles. The molecule has 128 valence electrons. The molecular formula is C17H20N2O5. The van der Waals surface area contributed by atoms with Gasteiger partial charge in [-0.1, -0.05) is 13.8 Å². The summed E-state index contributed by atoms with van der Waals surface area (Å²) in [5.74, 6) is -1.60. The molecule has 1 aromatic carbocycles. The number of benzene rings is 1. The molecule has 7 nitrogen and oxygen atoms in total. The lowest BCUT2D eigenvalue weighted by molar-refractivity contribution is -0.143. The number of ketones is 1. The van der Waals surface area contributed by atoms with Gasteiger partial charge in [-0.15, -0.1) is 0 Å². The Morgan fingerprint density at radius 1 is 1.04 bits per heavy atom. The first-order valence-corrected chi connectivity index (χ1v) is 7.78. The number of rotatable bonds is 7. The molecule has 0 spiro atoms. The predicted octanol–water partition coefficient (Wildman–Crippen LogP) is 1.71.